The second-order valence-electron chi connectivity index (χ2n) is 3.58. The Morgan fingerprint density at radius 1 is 1.29 bits per heavy atom. The maximum atomic E-state index is 5.53. The maximum absolute atomic E-state index is 5.53. The minimum Gasteiger partial charge on any atom is -0.494 e. The number of hydrogen-bond donors (Lipinski definition) is 1. The first-order valence-electron chi connectivity index (χ1n) is 5.67. The number of rotatable bonds is 5. The van der Waals surface area contributed by atoms with Crippen LogP contribution in [-0.2, 0) is 6.42 Å². The smallest absolute Gasteiger partial charge is 0.138 e. The van der Waals surface area contributed by atoms with Crippen LogP contribution in [0.1, 0.15) is 12.7 Å². The Balaban J connectivity index is 2.23. The Kier molecular flexibility index (Phi) is 3.72. The Hall–Kier alpha value is -1.88. The zero-order valence-corrected chi connectivity index (χ0v) is 9.84. The summed E-state index contributed by atoms with van der Waals surface area (Å²) in [6.45, 7) is 3.20. The van der Waals surface area contributed by atoms with Gasteiger partial charge in [0.25, 0.3) is 0 Å². The van der Waals surface area contributed by atoms with E-state index in [0.29, 0.717) is 19.6 Å². The summed E-state index contributed by atoms with van der Waals surface area (Å²) < 4.78 is 7.33. The third kappa shape index (κ3) is 2.62. The molecule has 2 rings (SSSR count). The van der Waals surface area contributed by atoms with E-state index < -0.39 is 0 Å². The molecule has 0 aliphatic heterocycles. The van der Waals surface area contributed by atoms with Gasteiger partial charge in [0, 0.05) is 12.1 Å². The molecular formula is C12H16N4O. The highest BCUT2D eigenvalue weighted by Gasteiger charge is 2.05. The number of nitrogens with two attached hydrogens (primary N) is 1. The van der Waals surface area contributed by atoms with Crippen LogP contribution >= 0.6 is 0 Å². The predicted molar refractivity (Wildman–Crippen MR) is 65.3 cm³/mol. The molecule has 0 atom stereocenters. The van der Waals surface area contributed by atoms with Crippen LogP contribution in [0.5, 0.6) is 5.75 Å². The van der Waals surface area contributed by atoms with Crippen LogP contribution in [0.25, 0.3) is 5.69 Å². The van der Waals surface area contributed by atoms with Gasteiger partial charge >= 0.3 is 0 Å². The summed E-state index contributed by atoms with van der Waals surface area (Å²) in [7, 11) is 0. The van der Waals surface area contributed by atoms with Crippen molar-refractivity contribution in [2.75, 3.05) is 13.2 Å². The molecule has 0 spiro atoms. The molecule has 1 aromatic heterocycles. The van der Waals surface area contributed by atoms with Gasteiger partial charge in [-0.15, -0.1) is 10.2 Å². The van der Waals surface area contributed by atoms with E-state index in [2.05, 4.69) is 10.2 Å². The van der Waals surface area contributed by atoms with Crippen LogP contribution < -0.4 is 10.5 Å². The predicted octanol–water partition coefficient (Wildman–Crippen LogP) is 1.17. The molecule has 0 aliphatic rings. The molecule has 90 valence electrons. The third-order valence-corrected chi connectivity index (χ3v) is 2.41. The number of hydrogen-bond acceptors (Lipinski definition) is 4. The van der Waals surface area contributed by atoms with Crippen molar-refractivity contribution >= 4 is 0 Å². The molecule has 0 saturated heterocycles. The number of aromatic nitrogens is 3. The van der Waals surface area contributed by atoms with Gasteiger partial charge in [0.15, 0.2) is 0 Å². The van der Waals surface area contributed by atoms with E-state index in [1.54, 1.807) is 6.33 Å². The molecule has 0 radical (unpaired) electrons. The Bertz CT molecular complexity index is 464. The molecule has 1 heterocycles. The quantitative estimate of drug-likeness (QED) is 0.840. The summed E-state index contributed by atoms with van der Waals surface area (Å²) in [4.78, 5) is 0. The first-order valence-corrected chi connectivity index (χ1v) is 5.67. The molecular weight excluding hydrogens is 216 g/mol. The molecule has 1 aromatic carbocycles. The van der Waals surface area contributed by atoms with Crippen molar-refractivity contribution < 1.29 is 4.74 Å². The van der Waals surface area contributed by atoms with Gasteiger partial charge in [-0.2, -0.15) is 0 Å². The highest BCUT2D eigenvalue weighted by Crippen LogP contribution is 2.16. The lowest BCUT2D eigenvalue weighted by Gasteiger charge is -2.07. The second-order valence-corrected chi connectivity index (χ2v) is 3.58. The minimum atomic E-state index is 0.565. The van der Waals surface area contributed by atoms with Crippen molar-refractivity contribution in [3.8, 4) is 11.4 Å². The summed E-state index contributed by atoms with van der Waals surface area (Å²) in [5.74, 6) is 1.74. The van der Waals surface area contributed by atoms with Gasteiger partial charge in [0.2, 0.25) is 0 Å². The van der Waals surface area contributed by atoms with Crippen molar-refractivity contribution in [3.05, 3.63) is 36.4 Å². The van der Waals surface area contributed by atoms with Gasteiger partial charge < -0.3 is 10.5 Å². The van der Waals surface area contributed by atoms with E-state index in [-0.39, 0.29) is 0 Å². The molecule has 17 heavy (non-hydrogen) atoms. The fraction of sp³-hybridized carbons (Fsp3) is 0.333. The third-order valence-electron chi connectivity index (χ3n) is 2.41. The van der Waals surface area contributed by atoms with Gasteiger partial charge in [-0.1, -0.05) is 0 Å². The first kappa shape index (κ1) is 11.6. The van der Waals surface area contributed by atoms with Crippen LogP contribution in [0, 0.1) is 0 Å². The molecule has 5 nitrogen and oxygen atoms in total. The zero-order chi connectivity index (χ0) is 12.1. The van der Waals surface area contributed by atoms with Gasteiger partial charge in [-0.05, 0) is 37.7 Å². The number of benzene rings is 1. The highest BCUT2D eigenvalue weighted by atomic mass is 16.5. The Labute approximate surface area is 100 Å². The van der Waals surface area contributed by atoms with E-state index in [9.17, 15) is 0 Å². The Morgan fingerprint density at radius 2 is 2.06 bits per heavy atom. The van der Waals surface area contributed by atoms with Crippen molar-refractivity contribution in [1.29, 1.82) is 0 Å². The van der Waals surface area contributed by atoms with Gasteiger partial charge in [-0.25, -0.2) is 0 Å². The normalized spacial score (nSPS) is 10.5. The van der Waals surface area contributed by atoms with E-state index in [1.807, 2.05) is 35.8 Å². The van der Waals surface area contributed by atoms with Crippen molar-refractivity contribution in [3.63, 3.8) is 0 Å². The number of nitrogens with zero attached hydrogens (tertiary/aromatic N) is 3. The SMILES string of the molecule is CCOc1ccc(-n2cnnc2CCN)cc1. The number of ether oxygens (including phenoxy) is 1. The summed E-state index contributed by atoms with van der Waals surface area (Å²) in [5.41, 5.74) is 6.54. The summed E-state index contributed by atoms with van der Waals surface area (Å²) in [6.07, 6.45) is 2.41. The van der Waals surface area contributed by atoms with E-state index in [4.69, 9.17) is 10.5 Å². The molecule has 0 aliphatic carbocycles. The molecule has 0 saturated carbocycles. The maximum Gasteiger partial charge on any atom is 0.138 e. The lowest BCUT2D eigenvalue weighted by Crippen LogP contribution is -2.08. The molecule has 0 unspecified atom stereocenters. The molecule has 0 amide bonds. The fourth-order valence-corrected chi connectivity index (χ4v) is 1.64. The second kappa shape index (κ2) is 5.45. The largest absolute Gasteiger partial charge is 0.494 e. The first-order chi connectivity index (χ1) is 8.35. The van der Waals surface area contributed by atoms with E-state index in [0.717, 1.165) is 17.3 Å². The van der Waals surface area contributed by atoms with Crippen LogP contribution in [0.15, 0.2) is 30.6 Å². The molecule has 0 bridgehead atoms. The molecule has 2 N–H and O–H groups in total. The lowest BCUT2D eigenvalue weighted by molar-refractivity contribution is 0.340. The van der Waals surface area contributed by atoms with E-state index >= 15 is 0 Å². The monoisotopic (exact) mass is 232 g/mol. The van der Waals surface area contributed by atoms with Crippen LogP contribution in [0.3, 0.4) is 0 Å². The van der Waals surface area contributed by atoms with Crippen molar-refractivity contribution in [2.24, 2.45) is 5.73 Å². The average Bonchev–Trinajstić information content (AvgIpc) is 2.79. The van der Waals surface area contributed by atoms with Crippen molar-refractivity contribution in [2.45, 2.75) is 13.3 Å². The van der Waals surface area contributed by atoms with Gasteiger partial charge in [0.05, 0.1) is 6.61 Å². The van der Waals surface area contributed by atoms with Gasteiger partial charge in [-0.3, -0.25) is 4.57 Å². The molecule has 5 heteroatoms. The van der Waals surface area contributed by atoms with E-state index in [1.165, 1.54) is 0 Å². The van der Waals surface area contributed by atoms with Crippen LogP contribution in [0.2, 0.25) is 0 Å². The van der Waals surface area contributed by atoms with Crippen molar-refractivity contribution in [1.82, 2.24) is 14.8 Å². The zero-order valence-electron chi connectivity index (χ0n) is 9.84. The lowest BCUT2D eigenvalue weighted by atomic mass is 10.3. The highest BCUT2D eigenvalue weighted by molar-refractivity contribution is 5.38. The Morgan fingerprint density at radius 3 is 2.71 bits per heavy atom. The summed E-state index contributed by atoms with van der Waals surface area (Å²) in [5, 5.41) is 7.94. The summed E-state index contributed by atoms with van der Waals surface area (Å²) >= 11 is 0. The van der Waals surface area contributed by atoms with Crippen LogP contribution in [-0.4, -0.2) is 27.9 Å². The minimum absolute atomic E-state index is 0.565. The van der Waals surface area contributed by atoms with Crippen LogP contribution in [0.4, 0.5) is 0 Å². The van der Waals surface area contributed by atoms with Gasteiger partial charge in [0.1, 0.15) is 17.9 Å². The summed E-state index contributed by atoms with van der Waals surface area (Å²) in [6, 6.07) is 7.83. The topological polar surface area (TPSA) is 66.0 Å². The average molecular weight is 232 g/mol. The molecule has 0 fully saturated rings. The fourth-order valence-electron chi connectivity index (χ4n) is 1.64. The molecule has 2 aromatic rings. The standard InChI is InChI=1S/C12H16N4O/c1-2-17-11-5-3-10(4-6-11)16-9-14-15-12(16)7-8-13/h3-6,9H,2,7-8,13H2,1H3.